The number of hydrogen-bond acceptors (Lipinski definition) is 5. The third-order valence-corrected chi connectivity index (χ3v) is 3.75. The molecule has 0 spiro atoms. The lowest BCUT2D eigenvalue weighted by Gasteiger charge is -2.15. The summed E-state index contributed by atoms with van der Waals surface area (Å²) in [4.78, 5) is 40.8. The quantitative estimate of drug-likeness (QED) is 0.818. The average molecular weight is 329 g/mol. The molecule has 0 radical (unpaired) electrons. The standard InChI is InChI=1S/C15H15N5O4/c1-19-8-10(7-17-19)20-5-3-11(14(20)22)18-13(21)9-2-4-16-12(6-9)15(23)24/h2,4,6-8,11H,3,5H2,1H3,(H,18,21)(H,23,24)/t11-/m1/s1. The first-order valence-electron chi connectivity index (χ1n) is 7.26. The SMILES string of the molecule is Cn1cc(N2CC[C@@H](NC(=O)c3ccnc(C(=O)O)c3)C2=O)cn1. The molecule has 0 aliphatic carbocycles. The van der Waals surface area contributed by atoms with Crippen LogP contribution in [0.4, 0.5) is 5.69 Å². The zero-order valence-electron chi connectivity index (χ0n) is 12.8. The number of amides is 2. The molecule has 1 atom stereocenters. The fourth-order valence-corrected chi connectivity index (χ4v) is 2.55. The normalized spacial score (nSPS) is 17.1. The Morgan fingerprint density at radius 3 is 2.88 bits per heavy atom. The number of aromatic carboxylic acids is 1. The van der Waals surface area contributed by atoms with Gasteiger partial charge in [0.05, 0.1) is 11.9 Å². The van der Waals surface area contributed by atoms with Crippen LogP contribution in [0.25, 0.3) is 0 Å². The summed E-state index contributed by atoms with van der Waals surface area (Å²) >= 11 is 0. The molecule has 1 fully saturated rings. The van der Waals surface area contributed by atoms with E-state index in [1.165, 1.54) is 18.3 Å². The number of carbonyl (C=O) groups is 3. The maximum Gasteiger partial charge on any atom is 0.354 e. The molecule has 24 heavy (non-hydrogen) atoms. The van der Waals surface area contributed by atoms with Gasteiger partial charge in [-0.3, -0.25) is 14.3 Å². The molecule has 0 saturated carbocycles. The minimum Gasteiger partial charge on any atom is -0.477 e. The summed E-state index contributed by atoms with van der Waals surface area (Å²) in [7, 11) is 1.76. The maximum atomic E-state index is 12.4. The summed E-state index contributed by atoms with van der Waals surface area (Å²) < 4.78 is 1.60. The molecular weight excluding hydrogens is 314 g/mol. The van der Waals surface area contributed by atoms with Gasteiger partial charge in [-0.25, -0.2) is 9.78 Å². The second-order valence-electron chi connectivity index (χ2n) is 5.41. The molecule has 3 rings (SSSR count). The average Bonchev–Trinajstić information content (AvgIpc) is 3.14. The highest BCUT2D eigenvalue weighted by Gasteiger charge is 2.34. The van der Waals surface area contributed by atoms with E-state index in [1.54, 1.807) is 29.0 Å². The molecule has 1 saturated heterocycles. The van der Waals surface area contributed by atoms with Gasteiger partial charge in [0.1, 0.15) is 11.7 Å². The third-order valence-electron chi connectivity index (χ3n) is 3.75. The third kappa shape index (κ3) is 2.96. The van der Waals surface area contributed by atoms with E-state index in [4.69, 9.17) is 5.11 Å². The van der Waals surface area contributed by atoms with Crippen LogP contribution in [0.15, 0.2) is 30.7 Å². The summed E-state index contributed by atoms with van der Waals surface area (Å²) in [6.45, 7) is 0.478. The van der Waals surface area contributed by atoms with Crippen LogP contribution >= 0.6 is 0 Å². The molecule has 0 unspecified atom stereocenters. The van der Waals surface area contributed by atoms with Crippen molar-refractivity contribution in [1.82, 2.24) is 20.1 Å². The molecule has 3 heterocycles. The number of pyridine rings is 1. The van der Waals surface area contributed by atoms with Gasteiger partial charge in [-0.05, 0) is 18.6 Å². The van der Waals surface area contributed by atoms with E-state index >= 15 is 0 Å². The zero-order valence-corrected chi connectivity index (χ0v) is 12.8. The topological polar surface area (TPSA) is 117 Å². The fraction of sp³-hybridized carbons (Fsp3) is 0.267. The van der Waals surface area contributed by atoms with Gasteiger partial charge in [0.2, 0.25) is 5.91 Å². The first kappa shape index (κ1) is 15.7. The molecule has 9 nitrogen and oxygen atoms in total. The maximum absolute atomic E-state index is 12.4. The van der Waals surface area contributed by atoms with Crippen molar-refractivity contribution in [2.45, 2.75) is 12.5 Å². The second-order valence-corrected chi connectivity index (χ2v) is 5.41. The highest BCUT2D eigenvalue weighted by molar-refractivity contribution is 6.04. The van der Waals surface area contributed by atoms with Gasteiger partial charge < -0.3 is 15.3 Å². The van der Waals surface area contributed by atoms with Gasteiger partial charge >= 0.3 is 5.97 Å². The van der Waals surface area contributed by atoms with Gasteiger partial charge in [0.15, 0.2) is 0 Å². The molecule has 2 aromatic heterocycles. The van der Waals surface area contributed by atoms with Crippen LogP contribution in [0, 0.1) is 0 Å². The van der Waals surface area contributed by atoms with Crippen LogP contribution in [0.2, 0.25) is 0 Å². The second kappa shape index (κ2) is 6.11. The minimum absolute atomic E-state index is 0.148. The number of nitrogens with one attached hydrogen (secondary N) is 1. The van der Waals surface area contributed by atoms with E-state index in [0.29, 0.717) is 18.7 Å². The van der Waals surface area contributed by atoms with Crippen molar-refractivity contribution in [3.8, 4) is 0 Å². The van der Waals surface area contributed by atoms with E-state index in [0.717, 1.165) is 0 Å². The van der Waals surface area contributed by atoms with Gasteiger partial charge in [0.25, 0.3) is 5.91 Å². The molecule has 0 bridgehead atoms. The molecule has 9 heteroatoms. The molecule has 1 aliphatic rings. The zero-order chi connectivity index (χ0) is 17.3. The van der Waals surface area contributed by atoms with Gasteiger partial charge in [0, 0.05) is 31.5 Å². The fourth-order valence-electron chi connectivity index (χ4n) is 2.55. The lowest BCUT2D eigenvalue weighted by atomic mass is 10.2. The van der Waals surface area contributed by atoms with E-state index in [2.05, 4.69) is 15.4 Å². The number of carboxylic acids is 1. The van der Waals surface area contributed by atoms with Crippen LogP contribution in [-0.2, 0) is 11.8 Å². The molecule has 124 valence electrons. The molecule has 0 aromatic carbocycles. The summed E-state index contributed by atoms with van der Waals surface area (Å²) in [6, 6.07) is 1.93. The highest BCUT2D eigenvalue weighted by Crippen LogP contribution is 2.20. The highest BCUT2D eigenvalue weighted by atomic mass is 16.4. The minimum atomic E-state index is -1.22. The van der Waals surface area contributed by atoms with Crippen LogP contribution < -0.4 is 10.2 Å². The Balaban J connectivity index is 1.70. The smallest absolute Gasteiger partial charge is 0.354 e. The predicted octanol–water partition coefficient (Wildman–Crippen LogP) is 0.0486. The van der Waals surface area contributed by atoms with E-state index in [-0.39, 0.29) is 17.2 Å². The number of rotatable bonds is 4. The molecule has 2 amide bonds. The lowest BCUT2D eigenvalue weighted by molar-refractivity contribution is -0.118. The monoisotopic (exact) mass is 329 g/mol. The van der Waals surface area contributed by atoms with Crippen molar-refractivity contribution >= 4 is 23.5 Å². The Hall–Kier alpha value is -3.23. The van der Waals surface area contributed by atoms with Gasteiger partial charge in [-0.1, -0.05) is 0 Å². The van der Waals surface area contributed by atoms with Crippen molar-refractivity contribution in [3.05, 3.63) is 42.0 Å². The van der Waals surface area contributed by atoms with Crippen molar-refractivity contribution in [2.24, 2.45) is 7.05 Å². The Bertz CT molecular complexity index is 816. The number of aromatic nitrogens is 3. The number of anilines is 1. The van der Waals surface area contributed by atoms with Gasteiger partial charge in [-0.2, -0.15) is 5.10 Å². The largest absolute Gasteiger partial charge is 0.477 e. The Morgan fingerprint density at radius 1 is 1.42 bits per heavy atom. The van der Waals surface area contributed by atoms with Crippen molar-refractivity contribution < 1.29 is 19.5 Å². The molecule has 2 N–H and O–H groups in total. The summed E-state index contributed by atoms with van der Waals surface area (Å²) in [6.07, 6.45) is 5.03. The Morgan fingerprint density at radius 2 is 2.21 bits per heavy atom. The number of hydrogen-bond donors (Lipinski definition) is 2. The number of carbonyl (C=O) groups excluding carboxylic acids is 2. The number of nitrogens with zero attached hydrogens (tertiary/aromatic N) is 4. The van der Waals surface area contributed by atoms with E-state index in [1.807, 2.05) is 0 Å². The van der Waals surface area contributed by atoms with E-state index < -0.39 is 17.9 Å². The van der Waals surface area contributed by atoms with Crippen LogP contribution in [0.3, 0.4) is 0 Å². The number of aryl methyl sites for hydroxylation is 1. The van der Waals surface area contributed by atoms with Crippen LogP contribution in [0.1, 0.15) is 27.3 Å². The first-order valence-corrected chi connectivity index (χ1v) is 7.26. The van der Waals surface area contributed by atoms with Crippen molar-refractivity contribution in [2.75, 3.05) is 11.4 Å². The van der Waals surface area contributed by atoms with Crippen LogP contribution in [-0.4, -0.2) is 50.2 Å². The molecule has 2 aromatic rings. The predicted molar refractivity (Wildman–Crippen MR) is 82.6 cm³/mol. The Kier molecular flexibility index (Phi) is 3.98. The summed E-state index contributed by atoms with van der Waals surface area (Å²) in [5.74, 6) is -1.94. The summed E-state index contributed by atoms with van der Waals surface area (Å²) in [5.41, 5.74) is 0.601. The first-order chi connectivity index (χ1) is 11.5. The van der Waals surface area contributed by atoms with Crippen molar-refractivity contribution in [3.63, 3.8) is 0 Å². The van der Waals surface area contributed by atoms with Gasteiger partial charge in [-0.15, -0.1) is 0 Å². The van der Waals surface area contributed by atoms with Crippen molar-refractivity contribution in [1.29, 1.82) is 0 Å². The van der Waals surface area contributed by atoms with Crippen LogP contribution in [0.5, 0.6) is 0 Å². The molecular formula is C15H15N5O4. The Labute approximate surface area is 136 Å². The molecule has 1 aliphatic heterocycles. The van der Waals surface area contributed by atoms with E-state index in [9.17, 15) is 14.4 Å². The lowest BCUT2D eigenvalue weighted by Crippen LogP contribution is -2.41. The number of carboxylic acid groups (broad SMARTS) is 1. The summed E-state index contributed by atoms with van der Waals surface area (Å²) in [5, 5.41) is 15.6.